The van der Waals surface area contributed by atoms with Crippen LogP contribution in [0.15, 0.2) is 0 Å². The van der Waals surface area contributed by atoms with E-state index in [2.05, 4.69) is 9.05 Å². The van der Waals surface area contributed by atoms with Crippen molar-refractivity contribution >= 4 is 40.4 Å². The average molecular weight is 688 g/mol. The van der Waals surface area contributed by atoms with Crippen LogP contribution in [0.5, 0.6) is 0 Å². The summed E-state index contributed by atoms with van der Waals surface area (Å²) in [5.41, 5.74) is 9.81. The third-order valence-corrected chi connectivity index (χ3v) is 4.08. The maximum Gasteiger partial charge on any atom is 1.00 e. The van der Waals surface area contributed by atoms with Crippen molar-refractivity contribution in [3.8, 4) is 0 Å². The van der Waals surface area contributed by atoms with E-state index < -0.39 is 66.6 Å². The van der Waals surface area contributed by atoms with Gasteiger partial charge in [0.05, 0.1) is 26.2 Å². The molecule has 0 spiro atoms. The van der Waals surface area contributed by atoms with Gasteiger partial charge in [0.25, 0.3) is 0 Å². The van der Waals surface area contributed by atoms with Gasteiger partial charge in [0, 0.05) is 35.3 Å². The van der Waals surface area contributed by atoms with Crippen molar-refractivity contribution in [3.63, 3.8) is 0 Å². The molecule has 2 unspecified atom stereocenters. The van der Waals surface area contributed by atoms with Gasteiger partial charge in [-0.15, -0.1) is 18.8 Å². The van der Waals surface area contributed by atoms with Crippen LogP contribution < -0.4 is 159 Å². The van der Waals surface area contributed by atoms with E-state index in [-0.39, 0.29) is 181 Å². The Bertz CT molecular complexity index is 642. The maximum absolute atomic E-state index is 10.6. The van der Waals surface area contributed by atoms with Crippen molar-refractivity contribution in [2.24, 2.45) is 11.5 Å². The largest absolute Gasteiger partial charge is 1.00 e. The van der Waals surface area contributed by atoms with Crippen molar-refractivity contribution in [1.29, 1.82) is 0 Å². The van der Waals surface area contributed by atoms with Gasteiger partial charge in [-0.05, 0) is 12.8 Å². The Morgan fingerprint density at radius 1 is 0.585 bits per heavy atom. The summed E-state index contributed by atoms with van der Waals surface area (Å²) in [7, 11) is -5.06. The van der Waals surface area contributed by atoms with Gasteiger partial charge in [0.2, 0.25) is 0 Å². The van der Waals surface area contributed by atoms with Gasteiger partial charge in [-0.25, -0.2) is 0 Å². The van der Waals surface area contributed by atoms with Gasteiger partial charge in [0.15, 0.2) is 0 Å². The Kier molecular flexibility index (Phi) is 68.5. The fraction of sp³-hybridized carbons (Fsp3) is 0.750. The number of carboxylic acid groups (broad SMARTS) is 4. The van der Waals surface area contributed by atoms with Crippen LogP contribution >= 0.6 is 16.5 Å². The van der Waals surface area contributed by atoms with Crippen LogP contribution in [0.3, 0.4) is 0 Å². The minimum atomic E-state index is -2.53. The Labute approximate surface area is 357 Å². The van der Waals surface area contributed by atoms with Crippen molar-refractivity contribution in [3.05, 3.63) is 0 Å². The van der Waals surface area contributed by atoms with E-state index in [0.717, 1.165) is 9.80 Å². The van der Waals surface area contributed by atoms with Crippen LogP contribution in [0.4, 0.5) is 0 Å². The molecule has 0 aromatic rings. The number of unbranched alkanes of at least 4 members (excludes halogenated alkanes) is 1. The predicted molar refractivity (Wildman–Crippen MR) is 128 cm³/mol. The third-order valence-electron chi connectivity index (χ3n) is 3.28. The number of carboxylic acids is 4. The number of nitrogens with zero attached hydrogens (tertiary/aromatic N) is 2. The summed E-state index contributed by atoms with van der Waals surface area (Å²) in [4.78, 5) is 60.7. The molecule has 220 valence electrons. The second-order valence-corrected chi connectivity index (χ2v) is 7.89. The summed E-state index contributed by atoms with van der Waals surface area (Å²) in [5.74, 6) is -4.91. The van der Waals surface area contributed by atoms with Gasteiger partial charge in [-0.3, -0.25) is 29.0 Å². The fourth-order valence-electron chi connectivity index (χ4n) is 1.97. The molecule has 0 radical (unpaired) electrons. The van der Waals surface area contributed by atoms with Crippen LogP contribution in [-0.2, 0) is 37.4 Å². The molecule has 0 aliphatic carbocycles. The van der Waals surface area contributed by atoms with E-state index in [9.17, 15) is 28.3 Å². The van der Waals surface area contributed by atoms with Gasteiger partial charge in [-0.1, -0.05) is 0 Å². The normalized spacial score (nSPS) is 9.71. The molecule has 41 heavy (non-hydrogen) atoms. The smallest absolute Gasteiger partial charge is 1.00 e. The molecule has 0 aliphatic heterocycles. The number of hydrogen-bond acceptors (Lipinski definition) is 12. The maximum atomic E-state index is 10.6. The predicted octanol–water partition coefficient (Wildman–Crippen LogP) is -16.5. The summed E-state index contributed by atoms with van der Waals surface area (Å²) in [6.45, 7) is -0.756. The molecule has 0 saturated heterocycles. The average Bonchev–Trinajstić information content (AvgIpc) is 2.73. The number of nitrogens with two attached hydrogens (primary N) is 2. The van der Waals surface area contributed by atoms with Gasteiger partial charge < -0.3 is 39.0 Å². The quantitative estimate of drug-likeness (QED) is 0.0355. The Morgan fingerprint density at radius 3 is 0.951 bits per heavy atom. The van der Waals surface area contributed by atoms with Crippen molar-refractivity contribution in [2.75, 3.05) is 65.6 Å². The summed E-state index contributed by atoms with van der Waals surface area (Å²) in [6.07, 6.45) is 1.04. The second kappa shape index (κ2) is 44.9. The molecule has 0 amide bonds. The number of aliphatic carboxylic acids is 4. The molecule has 25 heteroatoms. The number of carbonyl (C=O) groups is 4. The minimum absolute atomic E-state index is 0. The zero-order chi connectivity index (χ0) is 28.5. The summed E-state index contributed by atoms with van der Waals surface area (Å²) in [5, 5.41) is 34.5. The molecule has 18 nitrogen and oxygen atoms in total. The zero-order valence-electron chi connectivity index (χ0n) is 29.4. The van der Waals surface area contributed by atoms with E-state index >= 15 is 0 Å². The first-order valence-electron chi connectivity index (χ1n) is 10.0. The Morgan fingerprint density at radius 2 is 0.805 bits per heavy atom. The van der Waals surface area contributed by atoms with E-state index in [1.165, 1.54) is 0 Å². The Balaban J connectivity index is -0.0000000338. The first-order valence-corrected chi connectivity index (χ1v) is 12.3. The van der Waals surface area contributed by atoms with Crippen molar-refractivity contribution < 1.29 is 222 Å². The van der Waals surface area contributed by atoms with Crippen molar-refractivity contribution in [2.45, 2.75) is 12.8 Å². The molecular formula is C16H39N4Na5O14P2+2. The van der Waals surface area contributed by atoms with Gasteiger partial charge in [-0.2, -0.15) is 0 Å². The van der Waals surface area contributed by atoms with Crippen LogP contribution in [0.25, 0.3) is 0 Å². The van der Waals surface area contributed by atoms with Crippen LogP contribution in [-0.4, -0.2) is 129 Å². The SMILES string of the molecule is NCCN.O=C(O)CN(CCN(CC(=O)O)CC(=O)O)CC(=O)O.O=[P+](O)OCCCCO[P+](=O)O.[H-].[H-].[H-].[H-].[H-].[Na+].[Na+].[Na+].[Na+].[Na+]. The molecular weight excluding hydrogens is 649 g/mol. The fourth-order valence-corrected chi connectivity index (χ4v) is 2.54. The molecule has 2 atom stereocenters. The molecule has 0 rings (SSSR count). The molecule has 0 bridgehead atoms. The van der Waals surface area contributed by atoms with Crippen LogP contribution in [0, 0.1) is 0 Å². The summed E-state index contributed by atoms with van der Waals surface area (Å²) < 4.78 is 28.5. The van der Waals surface area contributed by atoms with Gasteiger partial charge in [0.1, 0.15) is 13.2 Å². The molecule has 0 fully saturated rings. The van der Waals surface area contributed by atoms with Crippen LogP contribution in [0.1, 0.15) is 20.0 Å². The third kappa shape index (κ3) is 62.3. The molecule has 0 aromatic carbocycles. The number of hydrogen-bond donors (Lipinski definition) is 8. The standard InChI is InChI=1S/C10H16N2O8.C4H8O6P2.C2H8N2.5Na.5H/c13-7(14)3-11(4-8(15)16)1-2-12(5-9(17)18)6-10(19)20;5-11(6)9-3-1-2-4-10-12(7)8;3-1-2-4;;;;;;;;;;/h1-6H2,(H,13,14)(H,15,16)(H,17,18)(H,19,20);1-4H2;1-4H2;;;;;;;;;;/q;;;5*+1;5*-1/p+2. The van der Waals surface area contributed by atoms with Crippen LogP contribution in [0.2, 0.25) is 0 Å². The summed E-state index contributed by atoms with van der Waals surface area (Å²) in [6, 6.07) is 0. The molecule has 0 aliphatic rings. The topological polar surface area (TPSA) is 301 Å². The van der Waals surface area contributed by atoms with E-state index in [0.29, 0.717) is 25.9 Å². The number of rotatable bonds is 19. The second-order valence-electron chi connectivity index (χ2n) is 6.42. The van der Waals surface area contributed by atoms with E-state index in [1.807, 2.05) is 0 Å². The Hall–Kier alpha value is 2.76. The molecule has 0 saturated carbocycles. The molecule has 0 heterocycles. The molecule has 0 aromatic heterocycles. The van der Waals surface area contributed by atoms with E-state index in [1.54, 1.807) is 0 Å². The van der Waals surface area contributed by atoms with E-state index in [4.69, 9.17) is 41.7 Å². The van der Waals surface area contributed by atoms with Crippen molar-refractivity contribution in [1.82, 2.24) is 9.80 Å². The first kappa shape index (κ1) is 62.6. The monoisotopic (exact) mass is 688 g/mol. The zero-order valence-corrected chi connectivity index (χ0v) is 36.2. The first-order chi connectivity index (χ1) is 16.7. The summed E-state index contributed by atoms with van der Waals surface area (Å²) >= 11 is 0. The van der Waals surface area contributed by atoms with Gasteiger partial charge >= 0.3 is 188 Å². The minimum Gasteiger partial charge on any atom is -1.00 e. The molecule has 10 N–H and O–H groups in total.